The summed E-state index contributed by atoms with van der Waals surface area (Å²) in [5.41, 5.74) is -0.00701. The van der Waals surface area contributed by atoms with Gasteiger partial charge in [-0.3, -0.25) is 14.5 Å². The second-order valence-corrected chi connectivity index (χ2v) is 10.8. The molecule has 1 spiro atoms. The normalized spacial score (nSPS) is 24.8. The lowest BCUT2D eigenvalue weighted by Crippen LogP contribution is -2.50. The monoisotopic (exact) mass is 433 g/mol. The summed E-state index contributed by atoms with van der Waals surface area (Å²) in [6.07, 6.45) is 4.32. The molecule has 1 N–H and O–H groups in total. The van der Waals surface area contributed by atoms with E-state index in [0.717, 1.165) is 29.7 Å². The second kappa shape index (κ2) is 8.02. The van der Waals surface area contributed by atoms with E-state index in [1.807, 2.05) is 30.3 Å². The van der Waals surface area contributed by atoms with E-state index in [2.05, 4.69) is 5.32 Å². The van der Waals surface area contributed by atoms with Gasteiger partial charge >= 0.3 is 6.03 Å². The molecule has 162 valence electrons. The highest BCUT2D eigenvalue weighted by Gasteiger charge is 2.52. The van der Waals surface area contributed by atoms with Crippen molar-refractivity contribution >= 4 is 27.7 Å². The van der Waals surface area contributed by atoms with E-state index in [1.165, 1.54) is 4.90 Å². The molecule has 0 aromatic heterocycles. The minimum absolute atomic E-state index is 0.0441. The molecule has 2 aliphatic heterocycles. The quantitative estimate of drug-likeness (QED) is 0.708. The van der Waals surface area contributed by atoms with Gasteiger partial charge in [-0.15, -0.1) is 0 Å². The van der Waals surface area contributed by atoms with E-state index in [0.29, 0.717) is 19.3 Å². The van der Waals surface area contributed by atoms with Crippen molar-refractivity contribution in [2.45, 2.75) is 56.7 Å². The molecule has 1 aromatic rings. The largest absolute Gasteiger partial charge is 0.333 e. The number of imide groups is 1. The van der Waals surface area contributed by atoms with Crippen LogP contribution in [0.15, 0.2) is 30.3 Å². The molecular weight excluding hydrogens is 406 g/mol. The first kappa shape index (κ1) is 20.8. The van der Waals surface area contributed by atoms with Crippen LogP contribution in [0.3, 0.4) is 0 Å². The molecule has 0 radical (unpaired) electrons. The van der Waals surface area contributed by atoms with Crippen LogP contribution in [0.2, 0.25) is 0 Å². The Morgan fingerprint density at radius 2 is 1.83 bits per heavy atom. The topological polar surface area (TPSA) is 104 Å². The number of nitrogens with one attached hydrogen (secondary N) is 1. The molecule has 3 fully saturated rings. The number of sulfone groups is 1. The van der Waals surface area contributed by atoms with E-state index in [9.17, 15) is 22.8 Å². The number of carbonyl (C=O) groups is 3. The van der Waals surface area contributed by atoms with Gasteiger partial charge in [0, 0.05) is 12.6 Å². The van der Waals surface area contributed by atoms with Crippen LogP contribution < -0.4 is 5.32 Å². The molecular formula is C21H27N3O5S. The molecule has 1 unspecified atom stereocenters. The van der Waals surface area contributed by atoms with Crippen LogP contribution in [-0.2, 0) is 26.0 Å². The first-order valence-electron chi connectivity index (χ1n) is 10.5. The second-order valence-electron chi connectivity index (χ2n) is 8.53. The van der Waals surface area contributed by atoms with Gasteiger partial charge in [0.15, 0.2) is 9.84 Å². The molecule has 2 heterocycles. The van der Waals surface area contributed by atoms with E-state index >= 15 is 0 Å². The number of hydrogen-bond acceptors (Lipinski definition) is 5. The van der Waals surface area contributed by atoms with Crippen molar-refractivity contribution in [2.24, 2.45) is 0 Å². The molecule has 3 aliphatic rings. The van der Waals surface area contributed by atoms with Crippen LogP contribution >= 0.6 is 0 Å². The fourth-order valence-electron chi connectivity index (χ4n) is 4.76. The van der Waals surface area contributed by atoms with Gasteiger partial charge in [-0.05, 0) is 24.8 Å². The summed E-state index contributed by atoms with van der Waals surface area (Å²) in [4.78, 5) is 41.3. The van der Waals surface area contributed by atoms with E-state index in [-0.39, 0.29) is 30.5 Å². The molecule has 4 rings (SSSR count). The highest BCUT2D eigenvalue weighted by Crippen LogP contribution is 2.33. The number of hydrogen-bond donors (Lipinski definition) is 1. The van der Waals surface area contributed by atoms with Gasteiger partial charge in [-0.1, -0.05) is 49.6 Å². The molecule has 1 saturated carbocycles. The lowest BCUT2D eigenvalue weighted by molar-refractivity contribution is -0.141. The van der Waals surface area contributed by atoms with E-state index in [4.69, 9.17) is 0 Å². The molecule has 4 amide bonds. The summed E-state index contributed by atoms with van der Waals surface area (Å²) in [6, 6.07) is 8.33. The predicted octanol–water partition coefficient (Wildman–Crippen LogP) is 1.46. The standard InChI is InChI=1S/C21H27N3O5S/c25-18(14-24-19(26)21(22-20(24)27)10-5-2-6-11-21)23(13-16-7-3-1-4-8-16)17-9-12-30(28,29)15-17/h1,3-4,7-8,17H,2,5-6,9-15H2,(H,22,27). The maximum Gasteiger partial charge on any atom is 0.325 e. The number of benzene rings is 1. The fourth-order valence-corrected chi connectivity index (χ4v) is 6.49. The zero-order valence-electron chi connectivity index (χ0n) is 16.9. The third kappa shape index (κ3) is 4.08. The Kier molecular flexibility index (Phi) is 5.57. The summed E-state index contributed by atoms with van der Waals surface area (Å²) >= 11 is 0. The van der Waals surface area contributed by atoms with Gasteiger partial charge < -0.3 is 10.2 Å². The number of rotatable bonds is 5. The van der Waals surface area contributed by atoms with Crippen molar-refractivity contribution in [2.75, 3.05) is 18.1 Å². The number of amides is 4. The molecule has 8 nitrogen and oxygen atoms in total. The Hall–Kier alpha value is -2.42. The van der Waals surface area contributed by atoms with Crippen LogP contribution in [0.5, 0.6) is 0 Å². The third-order valence-corrected chi connectivity index (χ3v) is 8.16. The van der Waals surface area contributed by atoms with Crippen molar-refractivity contribution in [1.29, 1.82) is 0 Å². The average Bonchev–Trinajstić information content (AvgIpc) is 3.19. The Morgan fingerprint density at radius 3 is 2.47 bits per heavy atom. The highest BCUT2D eigenvalue weighted by atomic mass is 32.2. The summed E-state index contributed by atoms with van der Waals surface area (Å²) in [7, 11) is -3.19. The number of urea groups is 1. The van der Waals surface area contributed by atoms with Crippen LogP contribution in [0, 0.1) is 0 Å². The Bertz CT molecular complexity index is 941. The van der Waals surface area contributed by atoms with Crippen molar-refractivity contribution < 1.29 is 22.8 Å². The zero-order valence-corrected chi connectivity index (χ0v) is 17.7. The van der Waals surface area contributed by atoms with Crippen molar-refractivity contribution in [3.05, 3.63) is 35.9 Å². The zero-order chi connectivity index (χ0) is 21.4. The van der Waals surface area contributed by atoms with Gasteiger partial charge in [0.2, 0.25) is 5.91 Å². The minimum atomic E-state index is -3.19. The van der Waals surface area contributed by atoms with Gasteiger partial charge in [0.05, 0.1) is 11.5 Å². The van der Waals surface area contributed by atoms with Crippen LogP contribution in [0.25, 0.3) is 0 Å². The fraction of sp³-hybridized carbons (Fsp3) is 0.571. The van der Waals surface area contributed by atoms with Crippen LogP contribution in [0.4, 0.5) is 4.79 Å². The Morgan fingerprint density at radius 1 is 1.13 bits per heavy atom. The first-order chi connectivity index (χ1) is 14.3. The summed E-state index contributed by atoms with van der Waals surface area (Å²) in [6.45, 7) is -0.121. The smallest absolute Gasteiger partial charge is 0.325 e. The maximum absolute atomic E-state index is 13.2. The minimum Gasteiger partial charge on any atom is -0.333 e. The predicted molar refractivity (Wildman–Crippen MR) is 110 cm³/mol. The third-order valence-electron chi connectivity index (χ3n) is 6.41. The molecule has 1 atom stereocenters. The summed E-state index contributed by atoms with van der Waals surface area (Å²) < 4.78 is 24.0. The van der Waals surface area contributed by atoms with Crippen molar-refractivity contribution in [1.82, 2.24) is 15.1 Å². The number of carbonyl (C=O) groups excluding carboxylic acids is 3. The van der Waals surface area contributed by atoms with Gasteiger partial charge in [-0.25, -0.2) is 13.2 Å². The molecule has 1 aliphatic carbocycles. The Balaban J connectivity index is 1.53. The summed E-state index contributed by atoms with van der Waals surface area (Å²) in [5.74, 6) is -0.783. The van der Waals surface area contributed by atoms with E-state index in [1.54, 1.807) is 0 Å². The van der Waals surface area contributed by atoms with Gasteiger partial charge in [0.1, 0.15) is 12.1 Å². The SMILES string of the molecule is O=C1NC2(CCCCC2)C(=O)N1CC(=O)N(Cc1ccccc1)C1CCS(=O)(=O)C1. The lowest BCUT2D eigenvalue weighted by atomic mass is 9.82. The molecule has 9 heteroatoms. The average molecular weight is 434 g/mol. The highest BCUT2D eigenvalue weighted by molar-refractivity contribution is 7.91. The van der Waals surface area contributed by atoms with Crippen LogP contribution in [0.1, 0.15) is 44.1 Å². The number of nitrogens with zero attached hydrogens (tertiary/aromatic N) is 2. The van der Waals surface area contributed by atoms with Crippen LogP contribution in [-0.4, -0.2) is 65.7 Å². The maximum atomic E-state index is 13.2. The Labute approximate surface area is 176 Å². The van der Waals surface area contributed by atoms with Crippen molar-refractivity contribution in [3.8, 4) is 0 Å². The first-order valence-corrected chi connectivity index (χ1v) is 12.3. The van der Waals surface area contributed by atoms with Gasteiger partial charge in [0.25, 0.3) is 5.91 Å². The lowest BCUT2D eigenvalue weighted by Gasteiger charge is -2.31. The summed E-state index contributed by atoms with van der Waals surface area (Å²) in [5, 5.41) is 2.82. The van der Waals surface area contributed by atoms with Crippen molar-refractivity contribution in [3.63, 3.8) is 0 Å². The molecule has 2 saturated heterocycles. The molecule has 0 bridgehead atoms. The molecule has 30 heavy (non-hydrogen) atoms. The van der Waals surface area contributed by atoms with E-state index < -0.39 is 33.4 Å². The van der Waals surface area contributed by atoms with Gasteiger partial charge in [-0.2, -0.15) is 0 Å². The molecule has 1 aromatic carbocycles.